The highest BCUT2D eigenvalue weighted by atomic mass is 16.6. The van der Waals surface area contributed by atoms with Crippen LogP contribution in [0, 0.1) is 21.4 Å². The van der Waals surface area contributed by atoms with E-state index in [9.17, 15) is 15.2 Å². The molecule has 0 amide bonds. The zero-order chi connectivity index (χ0) is 17.7. The van der Waals surface area contributed by atoms with Crippen molar-refractivity contribution in [2.75, 3.05) is 58.3 Å². The first-order valence-electron chi connectivity index (χ1n) is 7.89. The van der Waals surface area contributed by atoms with E-state index in [0.717, 1.165) is 26.2 Å². The minimum absolute atomic E-state index is 0.122. The van der Waals surface area contributed by atoms with Crippen molar-refractivity contribution in [1.82, 2.24) is 9.80 Å². The molecule has 1 fully saturated rings. The fourth-order valence-corrected chi connectivity index (χ4v) is 2.86. The highest BCUT2D eigenvalue weighted by molar-refractivity contribution is 5.65. The lowest BCUT2D eigenvalue weighted by molar-refractivity contribution is -0.384. The molecule has 8 nitrogen and oxygen atoms in total. The molecule has 0 spiro atoms. The third kappa shape index (κ3) is 4.64. The van der Waals surface area contributed by atoms with Gasteiger partial charge in [-0.25, -0.2) is 0 Å². The van der Waals surface area contributed by atoms with Gasteiger partial charge >= 0.3 is 0 Å². The molecular weight excluding hydrogens is 310 g/mol. The van der Waals surface area contributed by atoms with Crippen molar-refractivity contribution in [2.24, 2.45) is 0 Å². The number of nitro benzene ring substituents is 1. The van der Waals surface area contributed by atoms with Crippen molar-refractivity contribution in [3.05, 3.63) is 33.9 Å². The molecule has 1 aliphatic heterocycles. The molecule has 0 saturated carbocycles. The summed E-state index contributed by atoms with van der Waals surface area (Å²) in [6.45, 7) is 4.61. The molecule has 8 heteroatoms. The fourth-order valence-electron chi connectivity index (χ4n) is 2.86. The normalized spacial score (nSPS) is 17.2. The van der Waals surface area contributed by atoms with E-state index in [1.165, 1.54) is 6.07 Å². The van der Waals surface area contributed by atoms with Gasteiger partial charge in [-0.15, -0.1) is 0 Å². The number of nitrogens with zero attached hydrogens (tertiary/aromatic N) is 5. The Balaban J connectivity index is 2.00. The first-order valence-corrected chi connectivity index (χ1v) is 7.89. The lowest BCUT2D eigenvalue weighted by Gasteiger charge is -2.34. The quantitative estimate of drug-likeness (QED) is 0.598. The van der Waals surface area contributed by atoms with Crippen molar-refractivity contribution in [3.63, 3.8) is 0 Å². The highest BCUT2D eigenvalue weighted by Gasteiger charge is 2.22. The number of rotatable bonds is 6. The molecule has 0 aliphatic carbocycles. The number of hydrogen-bond acceptors (Lipinski definition) is 7. The number of anilines is 1. The molecule has 1 aliphatic rings. The number of nitro groups is 1. The summed E-state index contributed by atoms with van der Waals surface area (Å²) in [5.74, 6) is 0. The molecule has 24 heavy (non-hydrogen) atoms. The van der Waals surface area contributed by atoms with E-state index in [0.29, 0.717) is 18.8 Å². The summed E-state index contributed by atoms with van der Waals surface area (Å²) < 4.78 is 0. The molecule has 1 N–H and O–H groups in total. The SMILES string of the molecule is CN1CCN(C[C@H](O)CN(C)c2ccc(C#N)cc2[N+](=O)[O-])CC1. The number of hydrogen-bond donors (Lipinski definition) is 1. The summed E-state index contributed by atoms with van der Waals surface area (Å²) in [4.78, 5) is 16.8. The number of β-amino-alcohol motifs (C(OH)–C–C–N with tert-alkyl or cyclic N) is 1. The number of aliphatic hydroxyl groups is 1. The Morgan fingerprint density at radius 2 is 2.08 bits per heavy atom. The Morgan fingerprint density at radius 1 is 1.42 bits per heavy atom. The Hall–Kier alpha value is -2.21. The molecule has 0 unspecified atom stereocenters. The molecule has 1 aromatic carbocycles. The molecule has 1 saturated heterocycles. The molecular formula is C16H23N5O3. The molecule has 1 aromatic rings. The smallest absolute Gasteiger partial charge is 0.293 e. The van der Waals surface area contributed by atoms with Gasteiger partial charge < -0.3 is 14.9 Å². The van der Waals surface area contributed by atoms with Crippen LogP contribution in [0.3, 0.4) is 0 Å². The molecule has 2 rings (SSSR count). The highest BCUT2D eigenvalue weighted by Crippen LogP contribution is 2.28. The monoisotopic (exact) mass is 333 g/mol. The van der Waals surface area contributed by atoms with Gasteiger partial charge in [0.25, 0.3) is 5.69 Å². The number of piperazine rings is 1. The van der Waals surface area contributed by atoms with E-state index >= 15 is 0 Å². The van der Waals surface area contributed by atoms with Crippen LogP contribution in [0.5, 0.6) is 0 Å². The van der Waals surface area contributed by atoms with Crippen LogP contribution in [-0.4, -0.2) is 79.3 Å². The lowest BCUT2D eigenvalue weighted by atomic mass is 10.1. The van der Waals surface area contributed by atoms with Crippen LogP contribution in [0.1, 0.15) is 5.56 Å². The summed E-state index contributed by atoms with van der Waals surface area (Å²) in [5, 5.41) is 30.4. The third-order valence-corrected chi connectivity index (χ3v) is 4.26. The van der Waals surface area contributed by atoms with E-state index in [1.54, 1.807) is 24.1 Å². The zero-order valence-electron chi connectivity index (χ0n) is 14.1. The van der Waals surface area contributed by atoms with Crippen molar-refractivity contribution < 1.29 is 10.0 Å². The summed E-state index contributed by atoms with van der Waals surface area (Å²) in [6, 6.07) is 6.27. The van der Waals surface area contributed by atoms with Gasteiger partial charge in [0, 0.05) is 52.4 Å². The van der Waals surface area contributed by atoms with Crippen LogP contribution in [0.2, 0.25) is 0 Å². The Kier molecular flexibility index (Phi) is 6.09. The van der Waals surface area contributed by atoms with Crippen molar-refractivity contribution in [3.8, 4) is 6.07 Å². The maximum absolute atomic E-state index is 11.2. The minimum atomic E-state index is -0.603. The molecule has 0 radical (unpaired) electrons. The average Bonchev–Trinajstić information content (AvgIpc) is 2.56. The van der Waals surface area contributed by atoms with Crippen LogP contribution in [0.25, 0.3) is 0 Å². The Bertz CT molecular complexity index is 623. The standard InChI is InChI=1S/C16H23N5O3/c1-18-5-7-20(8-6-18)12-14(22)11-19(2)15-4-3-13(10-17)9-16(15)21(23)24/h3-4,9,14,22H,5-8,11-12H2,1-2H3/t14-/m1/s1. The van der Waals surface area contributed by atoms with E-state index in [1.807, 2.05) is 6.07 Å². The van der Waals surface area contributed by atoms with Gasteiger partial charge in [-0.1, -0.05) is 0 Å². The van der Waals surface area contributed by atoms with Crippen LogP contribution in [-0.2, 0) is 0 Å². The van der Waals surface area contributed by atoms with Gasteiger partial charge in [0.15, 0.2) is 0 Å². The molecule has 1 heterocycles. The third-order valence-electron chi connectivity index (χ3n) is 4.26. The number of aliphatic hydroxyl groups excluding tert-OH is 1. The summed E-state index contributed by atoms with van der Waals surface area (Å²) in [7, 11) is 3.78. The van der Waals surface area contributed by atoms with E-state index in [2.05, 4.69) is 16.8 Å². The number of likely N-dealkylation sites (N-methyl/N-ethyl adjacent to an activating group) is 2. The van der Waals surface area contributed by atoms with Crippen LogP contribution in [0.15, 0.2) is 18.2 Å². The van der Waals surface area contributed by atoms with Crippen molar-refractivity contribution >= 4 is 11.4 Å². The summed E-state index contributed by atoms with van der Waals surface area (Å²) >= 11 is 0. The van der Waals surface area contributed by atoms with Crippen LogP contribution in [0.4, 0.5) is 11.4 Å². The predicted octanol–water partition coefficient (Wildman–Crippen LogP) is 0.511. The van der Waals surface area contributed by atoms with Gasteiger partial charge in [-0.3, -0.25) is 15.0 Å². The van der Waals surface area contributed by atoms with Gasteiger partial charge in [0.2, 0.25) is 0 Å². The van der Waals surface area contributed by atoms with Gasteiger partial charge in [0.05, 0.1) is 22.7 Å². The molecule has 1 atom stereocenters. The van der Waals surface area contributed by atoms with E-state index < -0.39 is 11.0 Å². The second-order valence-corrected chi connectivity index (χ2v) is 6.21. The second kappa shape index (κ2) is 8.06. The molecule has 0 aromatic heterocycles. The number of benzene rings is 1. The maximum atomic E-state index is 11.2. The maximum Gasteiger partial charge on any atom is 0.293 e. The summed E-state index contributed by atoms with van der Waals surface area (Å²) in [5.41, 5.74) is 0.525. The first-order chi connectivity index (χ1) is 11.4. The van der Waals surface area contributed by atoms with Gasteiger partial charge in [-0.05, 0) is 19.2 Å². The predicted molar refractivity (Wildman–Crippen MR) is 91.0 cm³/mol. The summed E-state index contributed by atoms with van der Waals surface area (Å²) in [6.07, 6.45) is -0.603. The topological polar surface area (TPSA) is 96.9 Å². The largest absolute Gasteiger partial charge is 0.390 e. The Labute approximate surface area is 141 Å². The minimum Gasteiger partial charge on any atom is -0.390 e. The molecule has 0 bridgehead atoms. The van der Waals surface area contributed by atoms with Gasteiger partial charge in [0.1, 0.15) is 5.69 Å². The average molecular weight is 333 g/mol. The van der Waals surface area contributed by atoms with Gasteiger partial charge in [-0.2, -0.15) is 5.26 Å². The number of nitriles is 1. The van der Waals surface area contributed by atoms with E-state index in [4.69, 9.17) is 5.26 Å². The van der Waals surface area contributed by atoms with Crippen LogP contribution < -0.4 is 4.90 Å². The van der Waals surface area contributed by atoms with Crippen molar-refractivity contribution in [2.45, 2.75) is 6.10 Å². The molecule has 130 valence electrons. The Morgan fingerprint density at radius 3 is 2.67 bits per heavy atom. The van der Waals surface area contributed by atoms with E-state index in [-0.39, 0.29) is 11.3 Å². The van der Waals surface area contributed by atoms with Crippen LogP contribution >= 0.6 is 0 Å². The fraction of sp³-hybridized carbons (Fsp3) is 0.562. The van der Waals surface area contributed by atoms with Crippen molar-refractivity contribution in [1.29, 1.82) is 5.26 Å². The second-order valence-electron chi connectivity index (χ2n) is 6.21. The first kappa shape index (κ1) is 18.1. The zero-order valence-corrected chi connectivity index (χ0v) is 14.1. The lowest BCUT2D eigenvalue weighted by Crippen LogP contribution is -2.48.